The van der Waals surface area contributed by atoms with Crippen LogP contribution in [0.25, 0.3) is 0 Å². The maximum absolute atomic E-state index is 10.5. The molecule has 19 heavy (non-hydrogen) atoms. The monoisotopic (exact) mass is 402 g/mol. The molecule has 2 aromatic carbocycles. The van der Waals surface area contributed by atoms with Crippen molar-refractivity contribution in [3.63, 3.8) is 0 Å². The average molecular weight is 405 g/mol. The Morgan fingerprint density at radius 3 is 2.32 bits per heavy atom. The first-order chi connectivity index (χ1) is 8.88. The number of aryl methyl sites for hydroxylation is 2. The highest BCUT2D eigenvalue weighted by Crippen LogP contribution is 2.34. The van der Waals surface area contributed by atoms with Gasteiger partial charge in [-0.05, 0) is 54.8 Å². The highest BCUT2D eigenvalue weighted by atomic mass is 79.9. The number of aliphatic hydroxyl groups excluding tert-OH is 1. The van der Waals surface area contributed by atoms with Crippen molar-refractivity contribution in [3.8, 4) is 0 Å². The van der Waals surface area contributed by atoms with E-state index in [4.69, 9.17) is 11.6 Å². The smallest absolute Gasteiger partial charge is 0.105 e. The van der Waals surface area contributed by atoms with Gasteiger partial charge in [0.25, 0.3) is 0 Å². The van der Waals surface area contributed by atoms with Crippen LogP contribution in [0.1, 0.15) is 28.4 Å². The molecule has 0 bridgehead atoms. The Labute approximate surface area is 134 Å². The molecule has 2 aromatic rings. The predicted molar refractivity (Wildman–Crippen MR) is 86.8 cm³/mol. The molecule has 0 saturated heterocycles. The Morgan fingerprint density at radius 1 is 1.00 bits per heavy atom. The summed E-state index contributed by atoms with van der Waals surface area (Å²) < 4.78 is 1.86. The minimum atomic E-state index is -0.705. The molecule has 2 rings (SSSR count). The van der Waals surface area contributed by atoms with Gasteiger partial charge in [-0.25, -0.2) is 0 Å². The largest absolute Gasteiger partial charge is 0.384 e. The lowest BCUT2D eigenvalue weighted by molar-refractivity contribution is 0.219. The van der Waals surface area contributed by atoms with Crippen molar-refractivity contribution in [2.24, 2.45) is 0 Å². The molecule has 0 fully saturated rings. The van der Waals surface area contributed by atoms with Crippen molar-refractivity contribution in [3.05, 3.63) is 66.6 Å². The second-order valence-electron chi connectivity index (χ2n) is 4.59. The molecule has 0 aromatic heterocycles. The number of aliphatic hydroxyl groups is 1. The minimum Gasteiger partial charge on any atom is -0.384 e. The second kappa shape index (κ2) is 5.96. The highest BCUT2D eigenvalue weighted by Gasteiger charge is 2.16. The molecule has 0 saturated carbocycles. The van der Waals surface area contributed by atoms with Gasteiger partial charge in [0.15, 0.2) is 0 Å². The molecule has 0 radical (unpaired) electrons. The summed E-state index contributed by atoms with van der Waals surface area (Å²) in [6, 6.07) is 9.52. The minimum absolute atomic E-state index is 0.636. The van der Waals surface area contributed by atoms with Gasteiger partial charge in [-0.1, -0.05) is 49.5 Å². The molecular formula is C15H13Br2ClO. The third-order valence-electron chi connectivity index (χ3n) is 2.95. The van der Waals surface area contributed by atoms with E-state index in [2.05, 4.69) is 31.9 Å². The van der Waals surface area contributed by atoms with Crippen LogP contribution in [0.4, 0.5) is 0 Å². The van der Waals surface area contributed by atoms with E-state index in [-0.39, 0.29) is 0 Å². The molecule has 0 amide bonds. The van der Waals surface area contributed by atoms with E-state index in [1.807, 2.05) is 38.1 Å². The van der Waals surface area contributed by atoms with E-state index in [1.54, 1.807) is 6.07 Å². The molecule has 1 unspecified atom stereocenters. The Kier molecular flexibility index (Phi) is 4.72. The summed E-state index contributed by atoms with van der Waals surface area (Å²) in [6.45, 7) is 3.97. The van der Waals surface area contributed by atoms with E-state index in [1.165, 1.54) is 0 Å². The van der Waals surface area contributed by atoms with E-state index < -0.39 is 6.10 Å². The fourth-order valence-corrected chi connectivity index (χ4v) is 3.31. The van der Waals surface area contributed by atoms with Crippen LogP contribution in [0, 0.1) is 13.8 Å². The molecule has 1 atom stereocenters. The fraction of sp³-hybridized carbons (Fsp3) is 0.200. The second-order valence-corrected chi connectivity index (χ2v) is 6.73. The first-order valence-electron chi connectivity index (χ1n) is 5.79. The Morgan fingerprint density at radius 2 is 1.68 bits per heavy atom. The Bertz CT molecular complexity index is 606. The lowest BCUT2D eigenvalue weighted by Crippen LogP contribution is -2.02. The molecule has 0 spiro atoms. The summed E-state index contributed by atoms with van der Waals surface area (Å²) in [5.74, 6) is 0. The van der Waals surface area contributed by atoms with Crippen molar-refractivity contribution in [1.82, 2.24) is 0 Å². The zero-order valence-electron chi connectivity index (χ0n) is 10.5. The summed E-state index contributed by atoms with van der Waals surface area (Å²) >= 11 is 13.0. The molecule has 0 aliphatic carbocycles. The lowest BCUT2D eigenvalue weighted by atomic mass is 9.99. The zero-order valence-corrected chi connectivity index (χ0v) is 14.5. The summed E-state index contributed by atoms with van der Waals surface area (Å²) in [5, 5.41) is 11.2. The third-order valence-corrected chi connectivity index (χ3v) is 4.71. The van der Waals surface area contributed by atoms with Gasteiger partial charge >= 0.3 is 0 Å². The van der Waals surface area contributed by atoms with Crippen LogP contribution in [-0.2, 0) is 0 Å². The van der Waals surface area contributed by atoms with Gasteiger partial charge in [-0.15, -0.1) is 0 Å². The van der Waals surface area contributed by atoms with Gasteiger partial charge in [-0.2, -0.15) is 0 Å². The molecule has 0 heterocycles. The van der Waals surface area contributed by atoms with Crippen molar-refractivity contribution in [2.45, 2.75) is 20.0 Å². The molecule has 1 nitrogen and oxygen atoms in total. The van der Waals surface area contributed by atoms with E-state index in [9.17, 15) is 5.11 Å². The van der Waals surface area contributed by atoms with Crippen molar-refractivity contribution >= 4 is 43.5 Å². The summed E-state index contributed by atoms with van der Waals surface area (Å²) in [7, 11) is 0. The molecule has 4 heteroatoms. The number of hydrogen-bond acceptors (Lipinski definition) is 1. The molecular weight excluding hydrogens is 391 g/mol. The number of hydrogen-bond donors (Lipinski definition) is 1. The Balaban J connectivity index is 2.49. The molecule has 100 valence electrons. The average Bonchev–Trinajstić information content (AvgIpc) is 2.31. The molecule has 0 aliphatic rings. The fourth-order valence-electron chi connectivity index (χ4n) is 1.97. The van der Waals surface area contributed by atoms with Crippen LogP contribution in [0.5, 0.6) is 0 Å². The van der Waals surface area contributed by atoms with Gasteiger partial charge < -0.3 is 5.11 Å². The first-order valence-corrected chi connectivity index (χ1v) is 7.75. The van der Waals surface area contributed by atoms with E-state index in [0.717, 1.165) is 31.2 Å². The van der Waals surface area contributed by atoms with Crippen molar-refractivity contribution in [1.29, 1.82) is 0 Å². The van der Waals surface area contributed by atoms with Crippen LogP contribution < -0.4 is 0 Å². The van der Waals surface area contributed by atoms with Crippen LogP contribution in [0.15, 0.2) is 39.3 Å². The summed E-state index contributed by atoms with van der Waals surface area (Å²) in [4.78, 5) is 0. The molecule has 1 N–H and O–H groups in total. The number of halogens is 3. The maximum atomic E-state index is 10.5. The standard InChI is InChI=1S/C15H13Br2ClO/c1-8-3-10(6-11(18)4-8)15(19)12-7-13(16)9(2)5-14(12)17/h3-7,15,19H,1-2H3. The highest BCUT2D eigenvalue weighted by molar-refractivity contribution is 9.11. The van der Waals surface area contributed by atoms with Gasteiger partial charge in [-0.3, -0.25) is 0 Å². The van der Waals surface area contributed by atoms with E-state index in [0.29, 0.717) is 5.02 Å². The van der Waals surface area contributed by atoms with Gasteiger partial charge in [0.1, 0.15) is 6.10 Å². The number of rotatable bonds is 2. The van der Waals surface area contributed by atoms with E-state index >= 15 is 0 Å². The van der Waals surface area contributed by atoms with Crippen LogP contribution in [0.3, 0.4) is 0 Å². The Hall–Kier alpha value is -0.350. The van der Waals surface area contributed by atoms with Crippen LogP contribution in [-0.4, -0.2) is 5.11 Å². The summed E-state index contributed by atoms with van der Waals surface area (Å²) in [5.41, 5.74) is 3.76. The topological polar surface area (TPSA) is 20.2 Å². The third kappa shape index (κ3) is 3.40. The van der Waals surface area contributed by atoms with Crippen molar-refractivity contribution in [2.75, 3.05) is 0 Å². The van der Waals surface area contributed by atoms with Crippen LogP contribution in [0.2, 0.25) is 5.02 Å². The van der Waals surface area contributed by atoms with Gasteiger partial charge in [0, 0.05) is 19.5 Å². The molecule has 0 aliphatic heterocycles. The maximum Gasteiger partial charge on any atom is 0.105 e. The van der Waals surface area contributed by atoms with Gasteiger partial charge in [0.2, 0.25) is 0 Å². The summed E-state index contributed by atoms with van der Waals surface area (Å²) in [6.07, 6.45) is -0.705. The van der Waals surface area contributed by atoms with Crippen LogP contribution >= 0.6 is 43.5 Å². The van der Waals surface area contributed by atoms with Crippen molar-refractivity contribution < 1.29 is 5.11 Å². The number of benzene rings is 2. The SMILES string of the molecule is Cc1cc(Cl)cc(C(O)c2cc(Br)c(C)cc2Br)c1. The zero-order chi connectivity index (χ0) is 14.2. The van der Waals surface area contributed by atoms with Gasteiger partial charge in [0.05, 0.1) is 0 Å². The lowest BCUT2D eigenvalue weighted by Gasteiger charge is -2.16. The normalized spacial score (nSPS) is 12.5. The quantitative estimate of drug-likeness (QED) is 0.694. The predicted octanol–water partition coefficient (Wildman–Crippen LogP) is 5.56. The first kappa shape index (κ1) is 15.0.